The Labute approximate surface area is 92.0 Å². The van der Waals surface area contributed by atoms with E-state index in [0.717, 1.165) is 13.0 Å². The first-order valence-electron chi connectivity index (χ1n) is 4.32. The lowest BCUT2D eigenvalue weighted by molar-refractivity contribution is 0.636. The van der Waals surface area contributed by atoms with E-state index in [-0.39, 0.29) is 0 Å². The molecule has 1 heterocycles. The van der Waals surface area contributed by atoms with Crippen LogP contribution in [0.25, 0.3) is 0 Å². The predicted octanol–water partition coefficient (Wildman–Crippen LogP) is 3.22. The number of rotatable bonds is 5. The van der Waals surface area contributed by atoms with Crippen LogP contribution in [0.15, 0.2) is 28.6 Å². The zero-order valence-electron chi connectivity index (χ0n) is 7.72. The summed E-state index contributed by atoms with van der Waals surface area (Å²) in [4.78, 5) is 1.41. The third-order valence-corrected chi connectivity index (χ3v) is 3.50. The normalized spacial score (nSPS) is 12.8. The topological polar surface area (TPSA) is 12.0 Å². The Hall–Kier alpha value is -0.120. The van der Waals surface area contributed by atoms with Gasteiger partial charge in [-0.1, -0.05) is 6.08 Å². The summed E-state index contributed by atoms with van der Waals surface area (Å²) in [6.07, 6.45) is 3.01. The molecule has 1 unspecified atom stereocenters. The van der Waals surface area contributed by atoms with E-state index in [2.05, 4.69) is 46.9 Å². The van der Waals surface area contributed by atoms with Crippen LogP contribution in [0.4, 0.5) is 0 Å². The SMILES string of the molecule is C=CC(C)NCCc1ccc(Br)s1. The van der Waals surface area contributed by atoms with Crippen LogP contribution in [-0.2, 0) is 6.42 Å². The second kappa shape index (κ2) is 5.58. The molecule has 1 nitrogen and oxygen atoms in total. The zero-order valence-corrected chi connectivity index (χ0v) is 10.1. The van der Waals surface area contributed by atoms with E-state index in [9.17, 15) is 0 Å². The highest BCUT2D eigenvalue weighted by Crippen LogP contribution is 2.21. The maximum atomic E-state index is 3.72. The third-order valence-electron chi connectivity index (χ3n) is 1.82. The van der Waals surface area contributed by atoms with Gasteiger partial charge in [0.1, 0.15) is 0 Å². The molecule has 0 bridgehead atoms. The fraction of sp³-hybridized carbons (Fsp3) is 0.400. The van der Waals surface area contributed by atoms with Gasteiger partial charge in [-0.05, 0) is 41.4 Å². The number of nitrogens with one attached hydrogen (secondary N) is 1. The first-order chi connectivity index (χ1) is 6.22. The Bertz CT molecular complexity index is 270. The van der Waals surface area contributed by atoms with Crippen LogP contribution in [0.5, 0.6) is 0 Å². The molecule has 0 radical (unpaired) electrons. The molecule has 0 aliphatic heterocycles. The third kappa shape index (κ3) is 4.07. The summed E-state index contributed by atoms with van der Waals surface area (Å²) in [6, 6.07) is 4.66. The summed E-state index contributed by atoms with van der Waals surface area (Å²) in [5.41, 5.74) is 0. The molecule has 1 aromatic heterocycles. The number of thiophene rings is 1. The molecule has 0 aromatic carbocycles. The van der Waals surface area contributed by atoms with Crippen molar-refractivity contribution in [1.29, 1.82) is 0 Å². The lowest BCUT2D eigenvalue weighted by atomic mass is 10.3. The van der Waals surface area contributed by atoms with Crippen LogP contribution >= 0.6 is 27.3 Å². The van der Waals surface area contributed by atoms with Gasteiger partial charge in [-0.2, -0.15) is 0 Å². The van der Waals surface area contributed by atoms with E-state index in [1.54, 1.807) is 11.3 Å². The van der Waals surface area contributed by atoms with Crippen molar-refractivity contribution < 1.29 is 0 Å². The monoisotopic (exact) mass is 259 g/mol. The van der Waals surface area contributed by atoms with Crippen molar-refractivity contribution in [3.05, 3.63) is 33.5 Å². The molecule has 0 amide bonds. The van der Waals surface area contributed by atoms with Crippen LogP contribution in [0.1, 0.15) is 11.8 Å². The first-order valence-corrected chi connectivity index (χ1v) is 5.93. The van der Waals surface area contributed by atoms with Crippen molar-refractivity contribution in [1.82, 2.24) is 5.32 Å². The minimum atomic E-state index is 0.406. The first kappa shape index (κ1) is 11.0. The summed E-state index contributed by atoms with van der Waals surface area (Å²) >= 11 is 5.25. The van der Waals surface area contributed by atoms with Crippen LogP contribution in [0.3, 0.4) is 0 Å². The lowest BCUT2D eigenvalue weighted by Crippen LogP contribution is -2.25. The minimum absolute atomic E-state index is 0.406. The molecule has 0 spiro atoms. The lowest BCUT2D eigenvalue weighted by Gasteiger charge is -2.07. The average Bonchev–Trinajstić information content (AvgIpc) is 2.51. The molecule has 72 valence electrons. The molecule has 0 fully saturated rings. The van der Waals surface area contributed by atoms with E-state index in [4.69, 9.17) is 0 Å². The Kier molecular flexibility index (Phi) is 4.70. The Morgan fingerprint density at radius 2 is 2.46 bits per heavy atom. The molecule has 0 aliphatic rings. The molecule has 13 heavy (non-hydrogen) atoms. The smallest absolute Gasteiger partial charge is 0.0701 e. The summed E-state index contributed by atoms with van der Waals surface area (Å²) in [6.45, 7) is 6.85. The largest absolute Gasteiger partial charge is 0.310 e. The van der Waals surface area contributed by atoms with Gasteiger partial charge in [-0.3, -0.25) is 0 Å². The predicted molar refractivity (Wildman–Crippen MR) is 63.4 cm³/mol. The van der Waals surface area contributed by atoms with Crippen molar-refractivity contribution in [2.45, 2.75) is 19.4 Å². The highest BCUT2D eigenvalue weighted by molar-refractivity contribution is 9.11. The minimum Gasteiger partial charge on any atom is -0.310 e. The van der Waals surface area contributed by atoms with Gasteiger partial charge >= 0.3 is 0 Å². The molecule has 0 aliphatic carbocycles. The van der Waals surface area contributed by atoms with Crippen molar-refractivity contribution in [3.63, 3.8) is 0 Å². The second-order valence-electron chi connectivity index (χ2n) is 2.93. The quantitative estimate of drug-likeness (QED) is 0.801. The van der Waals surface area contributed by atoms with Crippen molar-refractivity contribution in [3.8, 4) is 0 Å². The van der Waals surface area contributed by atoms with Gasteiger partial charge in [-0.25, -0.2) is 0 Å². The van der Waals surface area contributed by atoms with Crippen molar-refractivity contribution >= 4 is 27.3 Å². The van der Waals surface area contributed by atoms with Gasteiger partial charge in [0.25, 0.3) is 0 Å². The van der Waals surface area contributed by atoms with Crippen molar-refractivity contribution in [2.24, 2.45) is 0 Å². The van der Waals surface area contributed by atoms with E-state index in [0.29, 0.717) is 6.04 Å². The number of hydrogen-bond donors (Lipinski definition) is 1. The highest BCUT2D eigenvalue weighted by Gasteiger charge is 1.98. The van der Waals surface area contributed by atoms with Crippen LogP contribution in [-0.4, -0.2) is 12.6 Å². The second-order valence-corrected chi connectivity index (χ2v) is 5.48. The van der Waals surface area contributed by atoms with Gasteiger partial charge in [0, 0.05) is 17.5 Å². The average molecular weight is 260 g/mol. The summed E-state index contributed by atoms with van der Waals surface area (Å²) in [5.74, 6) is 0. The fourth-order valence-corrected chi connectivity index (χ4v) is 2.48. The molecule has 1 atom stereocenters. The maximum Gasteiger partial charge on any atom is 0.0701 e. The molecule has 3 heteroatoms. The van der Waals surface area contributed by atoms with E-state index in [1.807, 2.05) is 6.08 Å². The molecule has 1 N–H and O–H groups in total. The number of halogens is 1. The Balaban J connectivity index is 2.23. The number of hydrogen-bond acceptors (Lipinski definition) is 2. The Morgan fingerprint density at radius 3 is 3.00 bits per heavy atom. The fourth-order valence-electron chi connectivity index (χ4n) is 0.992. The summed E-state index contributed by atoms with van der Waals surface area (Å²) in [5, 5.41) is 3.36. The van der Waals surface area contributed by atoms with E-state index < -0.39 is 0 Å². The summed E-state index contributed by atoms with van der Waals surface area (Å²) < 4.78 is 1.21. The molecule has 1 rings (SSSR count). The molecule has 0 saturated carbocycles. The van der Waals surface area contributed by atoms with Gasteiger partial charge in [0.15, 0.2) is 0 Å². The van der Waals surface area contributed by atoms with E-state index in [1.165, 1.54) is 8.66 Å². The zero-order chi connectivity index (χ0) is 9.68. The maximum absolute atomic E-state index is 3.72. The van der Waals surface area contributed by atoms with Gasteiger partial charge < -0.3 is 5.32 Å². The van der Waals surface area contributed by atoms with Gasteiger partial charge in [-0.15, -0.1) is 17.9 Å². The molecular formula is C10H14BrNS. The molecule has 1 aromatic rings. The molecular weight excluding hydrogens is 246 g/mol. The Morgan fingerprint density at radius 1 is 1.69 bits per heavy atom. The van der Waals surface area contributed by atoms with Crippen LogP contribution < -0.4 is 5.32 Å². The van der Waals surface area contributed by atoms with Crippen LogP contribution in [0, 0.1) is 0 Å². The van der Waals surface area contributed by atoms with Crippen LogP contribution in [0.2, 0.25) is 0 Å². The van der Waals surface area contributed by atoms with E-state index >= 15 is 0 Å². The molecule has 0 saturated heterocycles. The highest BCUT2D eigenvalue weighted by atomic mass is 79.9. The van der Waals surface area contributed by atoms with Gasteiger partial charge in [0.05, 0.1) is 3.79 Å². The van der Waals surface area contributed by atoms with Crippen molar-refractivity contribution in [2.75, 3.05) is 6.54 Å². The van der Waals surface area contributed by atoms with Gasteiger partial charge in [0.2, 0.25) is 0 Å². The summed E-state index contributed by atoms with van der Waals surface area (Å²) in [7, 11) is 0. The standard InChI is InChI=1S/C10H14BrNS/c1-3-8(2)12-7-6-9-4-5-10(11)13-9/h3-5,8,12H,1,6-7H2,2H3.